The number of ether oxygens (including phenoxy) is 1. The number of nitrogens with zero attached hydrogens (tertiary/aromatic N) is 4. The van der Waals surface area contributed by atoms with Gasteiger partial charge in [-0.25, -0.2) is 4.99 Å². The Morgan fingerprint density at radius 1 is 1.23 bits per heavy atom. The van der Waals surface area contributed by atoms with Gasteiger partial charge in [0.25, 0.3) is 0 Å². The fourth-order valence-corrected chi connectivity index (χ4v) is 3.12. The van der Waals surface area contributed by atoms with Crippen LogP contribution in [0.5, 0.6) is 10.8 Å². The van der Waals surface area contributed by atoms with Gasteiger partial charge in [-0.2, -0.15) is 9.64 Å². The summed E-state index contributed by atoms with van der Waals surface area (Å²) in [5, 5.41) is 10.0. The maximum absolute atomic E-state index is 9.46. The molecule has 138 valence electrons. The van der Waals surface area contributed by atoms with Crippen molar-refractivity contribution in [1.29, 1.82) is 5.26 Å². The molecule has 0 spiro atoms. The van der Waals surface area contributed by atoms with Gasteiger partial charge in [0.05, 0.1) is 17.7 Å². The number of benzene rings is 1. The van der Waals surface area contributed by atoms with E-state index in [4.69, 9.17) is 4.74 Å². The van der Waals surface area contributed by atoms with Crippen molar-refractivity contribution >= 4 is 23.6 Å². The van der Waals surface area contributed by atoms with E-state index in [9.17, 15) is 5.26 Å². The number of aryl methyl sites for hydroxylation is 2. The Labute approximate surface area is 160 Å². The molecule has 6 heteroatoms. The zero-order chi connectivity index (χ0) is 19.4. The van der Waals surface area contributed by atoms with Gasteiger partial charge >= 0.3 is 0 Å². The molecule has 0 saturated heterocycles. The summed E-state index contributed by atoms with van der Waals surface area (Å²) >= 11 is 1.23. The highest BCUT2D eigenvalue weighted by atomic mass is 32.1. The van der Waals surface area contributed by atoms with Gasteiger partial charge in [0.1, 0.15) is 17.4 Å². The lowest BCUT2D eigenvalue weighted by atomic mass is 10.1. The molecule has 26 heavy (non-hydrogen) atoms. The first kappa shape index (κ1) is 19.9. The maximum Gasteiger partial charge on any atom is 0.218 e. The van der Waals surface area contributed by atoms with Crippen LogP contribution in [-0.2, 0) is 0 Å². The third-order valence-electron chi connectivity index (χ3n) is 4.24. The molecule has 0 aliphatic rings. The van der Waals surface area contributed by atoms with Crippen molar-refractivity contribution in [2.45, 2.75) is 53.5 Å². The third kappa shape index (κ3) is 4.41. The minimum atomic E-state index is 0.191. The molecule has 0 bridgehead atoms. The molecule has 0 atom stereocenters. The Bertz CT molecular complexity index is 846. The monoisotopic (exact) mass is 370 g/mol. The minimum Gasteiger partial charge on any atom is -0.443 e. The number of hydrogen-bond acceptors (Lipinski definition) is 5. The van der Waals surface area contributed by atoms with Crippen molar-refractivity contribution in [3.05, 3.63) is 34.5 Å². The van der Waals surface area contributed by atoms with Crippen LogP contribution in [0.3, 0.4) is 0 Å². The lowest BCUT2D eigenvalue weighted by molar-refractivity contribution is 0.429. The molecule has 0 fully saturated rings. The second kappa shape index (κ2) is 8.33. The average molecular weight is 371 g/mol. The van der Waals surface area contributed by atoms with Gasteiger partial charge in [0, 0.05) is 24.6 Å². The molecule has 0 unspecified atom stereocenters. The van der Waals surface area contributed by atoms with Gasteiger partial charge in [-0.3, -0.25) is 0 Å². The van der Waals surface area contributed by atoms with E-state index in [1.165, 1.54) is 11.5 Å². The molecule has 2 rings (SSSR count). The van der Waals surface area contributed by atoms with Crippen molar-refractivity contribution < 1.29 is 4.74 Å². The molecular formula is C20H26N4OS. The predicted octanol–water partition coefficient (Wildman–Crippen LogP) is 5.55. The third-order valence-corrected chi connectivity index (χ3v) is 4.98. The number of nitriles is 1. The van der Waals surface area contributed by atoms with Crippen LogP contribution in [0.4, 0.5) is 5.69 Å². The first-order chi connectivity index (χ1) is 12.2. The SMILES string of the molecule is Cc1cc(Oc2snc(C(C)C)c2C#N)c(C)cc1N=CN(C)C(C)C. The minimum absolute atomic E-state index is 0.191. The van der Waals surface area contributed by atoms with E-state index in [0.717, 1.165) is 28.3 Å². The molecule has 0 N–H and O–H groups in total. The topological polar surface area (TPSA) is 61.5 Å². The van der Waals surface area contributed by atoms with Gasteiger partial charge in [-0.1, -0.05) is 13.8 Å². The lowest BCUT2D eigenvalue weighted by Gasteiger charge is -2.17. The quantitative estimate of drug-likeness (QED) is 0.494. The van der Waals surface area contributed by atoms with Crippen molar-refractivity contribution in [3.63, 3.8) is 0 Å². The molecule has 0 amide bonds. The first-order valence-corrected chi connectivity index (χ1v) is 9.46. The maximum atomic E-state index is 9.46. The van der Waals surface area contributed by atoms with Crippen LogP contribution in [0.15, 0.2) is 17.1 Å². The Kier molecular flexibility index (Phi) is 6.38. The van der Waals surface area contributed by atoms with Crippen LogP contribution in [0.2, 0.25) is 0 Å². The number of aromatic nitrogens is 1. The summed E-state index contributed by atoms with van der Waals surface area (Å²) in [7, 11) is 2.01. The van der Waals surface area contributed by atoms with Crippen LogP contribution in [0.1, 0.15) is 56.0 Å². The fourth-order valence-electron chi connectivity index (χ4n) is 2.26. The zero-order valence-electron chi connectivity index (χ0n) is 16.5. The molecule has 0 aliphatic carbocycles. The standard InChI is InChI=1S/C20H26N4OS/c1-12(2)19-16(10-21)20(26-23-19)25-18-9-14(5)17(8-15(18)6)22-11-24(7)13(3)4/h8-9,11-13H,1-7H3. The van der Waals surface area contributed by atoms with Gasteiger partial charge in [-0.15, -0.1) is 0 Å². The summed E-state index contributed by atoms with van der Waals surface area (Å²) in [4.78, 5) is 6.64. The highest BCUT2D eigenvalue weighted by Gasteiger charge is 2.19. The van der Waals surface area contributed by atoms with Crippen LogP contribution in [0, 0.1) is 25.2 Å². The van der Waals surface area contributed by atoms with E-state index < -0.39 is 0 Å². The van der Waals surface area contributed by atoms with E-state index in [1.807, 2.05) is 53.2 Å². The first-order valence-electron chi connectivity index (χ1n) is 8.69. The van der Waals surface area contributed by atoms with Crippen LogP contribution >= 0.6 is 11.5 Å². The number of hydrogen-bond donors (Lipinski definition) is 0. The van der Waals surface area contributed by atoms with E-state index in [0.29, 0.717) is 16.7 Å². The summed E-state index contributed by atoms with van der Waals surface area (Å²) in [6.07, 6.45) is 1.85. The van der Waals surface area contributed by atoms with Gasteiger partial charge in [-0.05, 0) is 56.9 Å². The highest BCUT2D eigenvalue weighted by Crippen LogP contribution is 2.37. The van der Waals surface area contributed by atoms with Gasteiger partial charge in [0.2, 0.25) is 5.06 Å². The molecule has 2 aromatic rings. The smallest absolute Gasteiger partial charge is 0.218 e. The largest absolute Gasteiger partial charge is 0.443 e. The fraction of sp³-hybridized carbons (Fsp3) is 0.450. The normalized spacial score (nSPS) is 11.4. The van der Waals surface area contributed by atoms with Crippen LogP contribution < -0.4 is 4.74 Å². The molecule has 5 nitrogen and oxygen atoms in total. The molecular weight excluding hydrogens is 344 g/mol. The second-order valence-corrected chi connectivity index (χ2v) is 7.74. The summed E-state index contributed by atoms with van der Waals surface area (Å²) < 4.78 is 10.4. The van der Waals surface area contributed by atoms with Crippen LogP contribution in [0.25, 0.3) is 0 Å². The van der Waals surface area contributed by atoms with Gasteiger partial charge in [0.15, 0.2) is 0 Å². The molecule has 1 aromatic carbocycles. The predicted molar refractivity (Wildman–Crippen MR) is 108 cm³/mol. The number of rotatable bonds is 6. The molecule has 0 radical (unpaired) electrons. The van der Waals surface area contributed by atoms with E-state index in [-0.39, 0.29) is 5.92 Å². The Morgan fingerprint density at radius 2 is 1.92 bits per heavy atom. The Balaban J connectivity index is 2.30. The average Bonchev–Trinajstić information content (AvgIpc) is 2.99. The molecule has 0 saturated carbocycles. The highest BCUT2D eigenvalue weighted by molar-refractivity contribution is 7.08. The summed E-state index contributed by atoms with van der Waals surface area (Å²) in [5.41, 5.74) is 4.22. The summed E-state index contributed by atoms with van der Waals surface area (Å²) in [6, 6.07) is 6.60. The Morgan fingerprint density at radius 3 is 2.50 bits per heavy atom. The van der Waals surface area contributed by atoms with E-state index in [2.05, 4.69) is 34.2 Å². The van der Waals surface area contributed by atoms with Crippen molar-refractivity contribution in [2.75, 3.05) is 7.05 Å². The summed E-state index contributed by atoms with van der Waals surface area (Å²) in [6.45, 7) is 12.3. The van der Waals surface area contributed by atoms with Crippen molar-refractivity contribution in [1.82, 2.24) is 9.27 Å². The molecule has 1 aromatic heterocycles. The van der Waals surface area contributed by atoms with E-state index >= 15 is 0 Å². The van der Waals surface area contributed by atoms with Crippen LogP contribution in [-0.4, -0.2) is 28.7 Å². The molecule has 1 heterocycles. The van der Waals surface area contributed by atoms with Gasteiger partial charge < -0.3 is 9.64 Å². The lowest BCUT2D eigenvalue weighted by Crippen LogP contribution is -2.24. The van der Waals surface area contributed by atoms with Crippen molar-refractivity contribution in [2.24, 2.45) is 4.99 Å². The number of aliphatic imine (C=N–C) groups is 1. The second-order valence-electron chi connectivity index (χ2n) is 7.01. The summed E-state index contributed by atoms with van der Waals surface area (Å²) in [5.74, 6) is 0.921. The zero-order valence-corrected chi connectivity index (χ0v) is 17.3. The Hall–Kier alpha value is -2.39. The van der Waals surface area contributed by atoms with Crippen molar-refractivity contribution in [3.8, 4) is 16.9 Å². The van der Waals surface area contributed by atoms with E-state index in [1.54, 1.807) is 0 Å². The molecule has 0 aliphatic heterocycles.